The second-order valence-electron chi connectivity index (χ2n) is 5.16. The molecule has 1 fully saturated rings. The molecule has 1 atom stereocenters. The second-order valence-corrected chi connectivity index (χ2v) is 5.16. The third kappa shape index (κ3) is 3.11. The highest BCUT2D eigenvalue weighted by molar-refractivity contribution is 5.80. The number of amides is 1. The van der Waals surface area contributed by atoms with E-state index in [0.717, 1.165) is 24.2 Å². The third-order valence-electron chi connectivity index (χ3n) is 3.37. The van der Waals surface area contributed by atoms with E-state index in [2.05, 4.69) is 5.10 Å². The number of carbonyl (C=O) groups excluding carboxylic acids is 1. The van der Waals surface area contributed by atoms with Crippen LogP contribution < -0.4 is 0 Å². The number of rotatable bonds is 5. The molecule has 1 heterocycles. The molecule has 0 spiro atoms. The van der Waals surface area contributed by atoms with Gasteiger partial charge in [-0.05, 0) is 39.7 Å². The summed E-state index contributed by atoms with van der Waals surface area (Å²) in [6.45, 7) is 4.94. The highest BCUT2D eigenvalue weighted by Gasteiger charge is 2.36. The van der Waals surface area contributed by atoms with Gasteiger partial charge in [0.1, 0.15) is 6.04 Å². The summed E-state index contributed by atoms with van der Waals surface area (Å²) in [5.41, 5.74) is 1.69. The van der Waals surface area contributed by atoms with Crippen LogP contribution in [0.3, 0.4) is 0 Å². The maximum Gasteiger partial charge on any atom is 0.255 e. The summed E-state index contributed by atoms with van der Waals surface area (Å²) < 4.78 is 26.7. The van der Waals surface area contributed by atoms with Gasteiger partial charge in [0.2, 0.25) is 5.91 Å². The number of aromatic nitrogens is 2. The van der Waals surface area contributed by atoms with Crippen LogP contribution in [0.25, 0.3) is 0 Å². The molecule has 1 amide bonds. The lowest BCUT2D eigenvalue weighted by atomic mass is 10.2. The van der Waals surface area contributed by atoms with E-state index in [1.54, 1.807) is 11.6 Å². The Balaban J connectivity index is 2.14. The van der Waals surface area contributed by atoms with Crippen molar-refractivity contribution in [3.63, 3.8) is 0 Å². The molecule has 0 bridgehead atoms. The van der Waals surface area contributed by atoms with Gasteiger partial charge >= 0.3 is 0 Å². The van der Waals surface area contributed by atoms with Crippen molar-refractivity contribution >= 4 is 5.91 Å². The summed E-state index contributed by atoms with van der Waals surface area (Å²) in [4.78, 5) is 13.7. The highest BCUT2D eigenvalue weighted by atomic mass is 19.3. The standard InChI is InChI=1S/C13H19F2N3O/c1-8-6-9(2)18(16-8)10(3)13(19)17(7-12(14)15)11-4-5-11/h6,10-12H,4-5,7H2,1-3H3. The summed E-state index contributed by atoms with van der Waals surface area (Å²) in [5, 5.41) is 4.25. The molecule has 0 saturated heterocycles. The normalized spacial score (nSPS) is 16.7. The lowest BCUT2D eigenvalue weighted by molar-refractivity contribution is -0.137. The molecule has 1 aromatic rings. The molecule has 1 saturated carbocycles. The number of hydrogen-bond donors (Lipinski definition) is 0. The van der Waals surface area contributed by atoms with E-state index in [0.29, 0.717) is 0 Å². The fourth-order valence-electron chi connectivity index (χ4n) is 2.34. The number of carbonyl (C=O) groups is 1. The maximum atomic E-state index is 12.6. The average Bonchev–Trinajstić information content (AvgIpc) is 3.10. The Hall–Kier alpha value is -1.46. The zero-order valence-corrected chi connectivity index (χ0v) is 11.4. The van der Waals surface area contributed by atoms with E-state index in [-0.39, 0.29) is 11.9 Å². The van der Waals surface area contributed by atoms with Gasteiger partial charge in [-0.15, -0.1) is 0 Å². The first-order valence-corrected chi connectivity index (χ1v) is 6.51. The average molecular weight is 271 g/mol. The molecule has 0 aliphatic heterocycles. The molecule has 106 valence electrons. The molecule has 1 aliphatic carbocycles. The summed E-state index contributed by atoms with van der Waals surface area (Å²) in [7, 11) is 0. The Morgan fingerprint density at radius 3 is 2.58 bits per heavy atom. The van der Waals surface area contributed by atoms with Gasteiger partial charge < -0.3 is 4.90 Å². The molecule has 6 heteroatoms. The molecular weight excluding hydrogens is 252 g/mol. The van der Waals surface area contributed by atoms with Crippen molar-refractivity contribution in [2.24, 2.45) is 0 Å². The van der Waals surface area contributed by atoms with Crippen LogP contribution in [-0.4, -0.2) is 39.6 Å². The third-order valence-corrected chi connectivity index (χ3v) is 3.37. The Labute approximate surface area is 111 Å². The van der Waals surface area contributed by atoms with E-state index in [1.807, 2.05) is 19.9 Å². The predicted molar refractivity (Wildman–Crippen MR) is 67.2 cm³/mol. The first-order valence-electron chi connectivity index (χ1n) is 6.51. The molecular formula is C13H19F2N3O. The van der Waals surface area contributed by atoms with Gasteiger partial charge in [0.05, 0.1) is 12.2 Å². The minimum Gasteiger partial charge on any atom is -0.332 e. The monoisotopic (exact) mass is 271 g/mol. The molecule has 2 rings (SSSR count). The highest BCUT2D eigenvalue weighted by Crippen LogP contribution is 2.29. The van der Waals surface area contributed by atoms with Gasteiger partial charge in [-0.2, -0.15) is 5.10 Å². The number of aryl methyl sites for hydroxylation is 2. The number of halogens is 2. The van der Waals surface area contributed by atoms with Gasteiger partial charge in [-0.3, -0.25) is 9.48 Å². The van der Waals surface area contributed by atoms with Crippen LogP contribution in [0.4, 0.5) is 8.78 Å². The molecule has 1 aromatic heterocycles. The van der Waals surface area contributed by atoms with Crippen molar-refractivity contribution in [1.82, 2.24) is 14.7 Å². The van der Waals surface area contributed by atoms with Gasteiger partial charge in [-0.1, -0.05) is 0 Å². The number of nitrogens with zero attached hydrogens (tertiary/aromatic N) is 3. The summed E-state index contributed by atoms with van der Waals surface area (Å²) in [5.74, 6) is -0.269. The molecule has 1 unspecified atom stereocenters. The Kier molecular flexibility index (Phi) is 3.87. The van der Waals surface area contributed by atoms with Crippen molar-refractivity contribution in [1.29, 1.82) is 0 Å². The van der Waals surface area contributed by atoms with Crippen molar-refractivity contribution in [2.75, 3.05) is 6.54 Å². The molecule has 0 aromatic carbocycles. The lowest BCUT2D eigenvalue weighted by Gasteiger charge is -2.26. The Bertz CT molecular complexity index is 468. The van der Waals surface area contributed by atoms with Gasteiger partial charge in [0.25, 0.3) is 6.43 Å². The van der Waals surface area contributed by atoms with Crippen molar-refractivity contribution < 1.29 is 13.6 Å². The zero-order valence-electron chi connectivity index (χ0n) is 11.4. The Morgan fingerprint density at radius 1 is 1.53 bits per heavy atom. The summed E-state index contributed by atoms with van der Waals surface area (Å²) in [6.07, 6.45) is -0.845. The maximum absolute atomic E-state index is 12.6. The molecule has 0 radical (unpaired) electrons. The van der Waals surface area contributed by atoms with Crippen LogP contribution in [0.2, 0.25) is 0 Å². The van der Waals surface area contributed by atoms with Crippen LogP contribution >= 0.6 is 0 Å². The van der Waals surface area contributed by atoms with Crippen molar-refractivity contribution in [3.05, 3.63) is 17.5 Å². The van der Waals surface area contributed by atoms with E-state index in [4.69, 9.17) is 0 Å². The van der Waals surface area contributed by atoms with Crippen LogP contribution in [0.15, 0.2) is 6.07 Å². The van der Waals surface area contributed by atoms with E-state index < -0.39 is 19.0 Å². The topological polar surface area (TPSA) is 38.1 Å². The fourth-order valence-corrected chi connectivity index (χ4v) is 2.34. The minimum absolute atomic E-state index is 0.0130. The van der Waals surface area contributed by atoms with E-state index in [1.165, 1.54) is 4.90 Å². The van der Waals surface area contributed by atoms with Gasteiger partial charge in [0.15, 0.2) is 0 Å². The molecule has 1 aliphatic rings. The summed E-state index contributed by atoms with van der Waals surface area (Å²) >= 11 is 0. The second kappa shape index (κ2) is 5.27. The predicted octanol–water partition coefficient (Wildman–Crippen LogP) is 2.32. The number of alkyl halides is 2. The summed E-state index contributed by atoms with van der Waals surface area (Å²) in [6, 6.07) is 1.33. The number of hydrogen-bond acceptors (Lipinski definition) is 2. The fraction of sp³-hybridized carbons (Fsp3) is 0.692. The first-order chi connectivity index (χ1) is 8.90. The quantitative estimate of drug-likeness (QED) is 0.824. The largest absolute Gasteiger partial charge is 0.332 e. The smallest absolute Gasteiger partial charge is 0.255 e. The molecule has 19 heavy (non-hydrogen) atoms. The molecule has 4 nitrogen and oxygen atoms in total. The van der Waals surface area contributed by atoms with Crippen LogP contribution in [0, 0.1) is 13.8 Å². The van der Waals surface area contributed by atoms with Gasteiger partial charge in [0, 0.05) is 11.7 Å². The molecule has 0 N–H and O–H groups in total. The van der Waals surface area contributed by atoms with E-state index in [9.17, 15) is 13.6 Å². The minimum atomic E-state index is -2.49. The van der Waals surface area contributed by atoms with Crippen molar-refractivity contribution in [3.8, 4) is 0 Å². The van der Waals surface area contributed by atoms with Crippen molar-refractivity contribution in [2.45, 2.75) is 52.1 Å². The van der Waals surface area contributed by atoms with E-state index >= 15 is 0 Å². The lowest BCUT2D eigenvalue weighted by Crippen LogP contribution is -2.41. The Morgan fingerprint density at radius 2 is 2.16 bits per heavy atom. The van der Waals surface area contributed by atoms with Gasteiger partial charge in [-0.25, -0.2) is 8.78 Å². The van der Waals surface area contributed by atoms with Crippen LogP contribution in [0.5, 0.6) is 0 Å². The SMILES string of the molecule is Cc1cc(C)n(C(C)C(=O)N(CC(F)F)C2CC2)n1. The first kappa shape index (κ1) is 14.0. The van der Waals surface area contributed by atoms with Crippen LogP contribution in [0.1, 0.15) is 37.2 Å². The van der Waals surface area contributed by atoms with Crippen LogP contribution in [-0.2, 0) is 4.79 Å². The zero-order chi connectivity index (χ0) is 14.2.